The zero-order valence-electron chi connectivity index (χ0n) is 35.2. The molecule has 8 aromatic carbocycles. The number of hydrogen-bond acceptors (Lipinski definition) is 1. The van der Waals surface area contributed by atoms with Crippen molar-refractivity contribution in [2.24, 2.45) is 0 Å². The molecule has 8 aromatic rings. The second kappa shape index (κ2) is 19.3. The SMILES string of the molecule is FC(F)(F)c1ccc([B-](c2ccc(C(F)(F)F)cc2)(c2ccc(C(F)(F)F)cc2)c2ccc(C(F)(F)F)cc2)cc1.O=[S+](C#Cc1ccccc1)(Cc1ccc2ccccc2c1)c1ccccc1. The molecule has 0 N–H and O–H groups in total. The lowest BCUT2D eigenvalue weighted by Gasteiger charge is -2.44. The van der Waals surface area contributed by atoms with Gasteiger partial charge in [0.15, 0.2) is 25.8 Å². The van der Waals surface area contributed by atoms with Gasteiger partial charge in [-0.2, -0.15) is 74.5 Å². The van der Waals surface area contributed by atoms with Gasteiger partial charge in [0.2, 0.25) is 0 Å². The van der Waals surface area contributed by atoms with Gasteiger partial charge in [-0.15, -0.1) is 0 Å². The Morgan fingerprint density at radius 3 is 1.09 bits per heavy atom. The van der Waals surface area contributed by atoms with Crippen molar-refractivity contribution in [1.29, 1.82) is 0 Å². The van der Waals surface area contributed by atoms with Gasteiger partial charge in [-0.1, -0.05) is 174 Å². The zero-order valence-corrected chi connectivity index (χ0v) is 36.0. The summed E-state index contributed by atoms with van der Waals surface area (Å²) in [5.74, 6) is 3.52. The van der Waals surface area contributed by atoms with Gasteiger partial charge in [0.25, 0.3) is 0 Å². The number of fused-ring (bicyclic) bond motifs is 1. The topological polar surface area (TPSA) is 17.1 Å². The Bertz CT molecular complexity index is 2850. The Labute approximate surface area is 384 Å². The molecule has 68 heavy (non-hydrogen) atoms. The number of hydrogen-bond donors (Lipinski definition) is 0. The fraction of sp³-hybridized carbons (Fsp3) is 0.0943. The molecule has 0 fully saturated rings. The van der Waals surface area contributed by atoms with Crippen LogP contribution in [-0.2, 0) is 44.6 Å². The molecule has 0 aliphatic rings. The van der Waals surface area contributed by atoms with Crippen LogP contribution < -0.4 is 21.9 Å². The summed E-state index contributed by atoms with van der Waals surface area (Å²) in [6, 6.07) is 47.3. The largest absolute Gasteiger partial charge is 0.416 e. The number of benzene rings is 8. The predicted molar refractivity (Wildman–Crippen MR) is 244 cm³/mol. The van der Waals surface area contributed by atoms with Gasteiger partial charge < -0.3 is 0 Å². The zero-order chi connectivity index (χ0) is 49.0. The molecule has 0 bridgehead atoms. The van der Waals surface area contributed by atoms with E-state index in [4.69, 9.17) is 0 Å². The van der Waals surface area contributed by atoms with Crippen LogP contribution in [0.2, 0.25) is 0 Å². The van der Waals surface area contributed by atoms with Crippen molar-refractivity contribution in [2.75, 3.05) is 0 Å². The fourth-order valence-electron chi connectivity index (χ4n) is 8.04. The van der Waals surface area contributed by atoms with E-state index in [0.29, 0.717) is 54.3 Å². The third-order valence-electron chi connectivity index (χ3n) is 11.4. The summed E-state index contributed by atoms with van der Waals surface area (Å²) in [6.07, 6.45) is -22.0. The quantitative estimate of drug-likeness (QED) is 0.0673. The van der Waals surface area contributed by atoms with Crippen LogP contribution in [0.4, 0.5) is 52.7 Å². The van der Waals surface area contributed by atoms with Crippen molar-refractivity contribution < 1.29 is 56.9 Å². The van der Waals surface area contributed by atoms with E-state index in [-0.39, 0.29) is 21.9 Å². The Hall–Kier alpha value is -7.05. The highest BCUT2D eigenvalue weighted by Gasteiger charge is 2.38. The molecule has 0 amide bonds. The van der Waals surface area contributed by atoms with Crippen molar-refractivity contribution in [1.82, 2.24) is 0 Å². The molecular formula is C53H35BF12OS. The summed E-state index contributed by atoms with van der Waals surface area (Å²) in [5.41, 5.74) is -2.39. The van der Waals surface area contributed by atoms with Crippen LogP contribution in [0.3, 0.4) is 0 Å². The first-order chi connectivity index (χ1) is 32.1. The normalized spacial score (nSPS) is 13.1. The molecule has 346 valence electrons. The average molecular weight is 959 g/mol. The van der Waals surface area contributed by atoms with E-state index in [2.05, 4.69) is 41.5 Å². The van der Waals surface area contributed by atoms with Crippen LogP contribution in [0, 0.1) is 11.2 Å². The molecule has 0 aliphatic carbocycles. The van der Waals surface area contributed by atoms with Gasteiger partial charge in [0, 0.05) is 11.1 Å². The molecule has 8 rings (SSSR count). The first kappa shape index (κ1) is 48.9. The molecular weight excluding hydrogens is 923 g/mol. The Balaban J connectivity index is 0.000000218. The highest BCUT2D eigenvalue weighted by molar-refractivity contribution is 8.06. The summed E-state index contributed by atoms with van der Waals surface area (Å²) in [7, 11) is -2.55. The Morgan fingerprint density at radius 2 is 0.721 bits per heavy atom. The fourth-order valence-corrected chi connectivity index (χ4v) is 9.93. The summed E-state index contributed by atoms with van der Waals surface area (Å²) < 4.78 is 174. The van der Waals surface area contributed by atoms with E-state index in [1.165, 1.54) is 5.39 Å². The number of rotatable bonds is 7. The molecule has 0 saturated heterocycles. The Kier molecular flexibility index (Phi) is 13.9. The van der Waals surface area contributed by atoms with Crippen molar-refractivity contribution in [2.45, 2.75) is 35.4 Å². The lowest BCUT2D eigenvalue weighted by molar-refractivity contribution is -0.138. The van der Waals surface area contributed by atoms with Gasteiger partial charge in [0.1, 0.15) is 6.15 Å². The maximum atomic E-state index is 13.9. The molecule has 15 heteroatoms. The van der Waals surface area contributed by atoms with Crippen LogP contribution in [0.15, 0.2) is 205 Å². The van der Waals surface area contributed by atoms with Crippen LogP contribution in [0.25, 0.3) is 10.8 Å². The second-order valence-electron chi connectivity index (χ2n) is 15.8. The predicted octanol–water partition coefficient (Wildman–Crippen LogP) is 13.0. The lowest BCUT2D eigenvalue weighted by atomic mass is 9.13. The summed E-state index contributed by atoms with van der Waals surface area (Å²) in [5, 5.41) is 5.44. The molecule has 0 heterocycles. The molecule has 1 atom stereocenters. The smallest absolute Gasteiger partial charge is 0.195 e. The third kappa shape index (κ3) is 11.0. The maximum absolute atomic E-state index is 13.9. The van der Waals surface area contributed by atoms with E-state index >= 15 is 0 Å². The monoisotopic (exact) mass is 958 g/mol. The van der Waals surface area contributed by atoms with Crippen LogP contribution in [-0.4, -0.2) is 6.15 Å². The third-order valence-corrected chi connectivity index (χ3v) is 13.6. The molecule has 1 unspecified atom stereocenters. The highest BCUT2D eigenvalue weighted by Crippen LogP contribution is 2.33. The molecule has 0 aliphatic heterocycles. The minimum absolute atomic E-state index is 0.0114. The first-order valence-corrected chi connectivity index (χ1v) is 22.3. The van der Waals surface area contributed by atoms with Gasteiger partial charge in [-0.05, 0) is 47.0 Å². The van der Waals surface area contributed by atoms with Crippen molar-refractivity contribution in [3.05, 3.63) is 234 Å². The van der Waals surface area contributed by atoms with E-state index in [0.717, 1.165) is 69.9 Å². The number of alkyl halides is 12. The Morgan fingerprint density at radius 1 is 0.382 bits per heavy atom. The van der Waals surface area contributed by atoms with Crippen LogP contribution in [0.1, 0.15) is 33.4 Å². The van der Waals surface area contributed by atoms with Crippen molar-refractivity contribution in [3.8, 4) is 11.2 Å². The van der Waals surface area contributed by atoms with E-state index in [1.54, 1.807) is 0 Å². The highest BCUT2D eigenvalue weighted by atomic mass is 32.2. The van der Waals surface area contributed by atoms with Gasteiger partial charge in [0.05, 0.1) is 22.3 Å². The molecule has 0 radical (unpaired) electrons. The van der Waals surface area contributed by atoms with Gasteiger partial charge in [-0.25, -0.2) is 0 Å². The van der Waals surface area contributed by atoms with Crippen LogP contribution in [0.5, 0.6) is 0 Å². The number of halogens is 12. The van der Waals surface area contributed by atoms with Crippen LogP contribution >= 0.6 is 0 Å². The van der Waals surface area contributed by atoms with Gasteiger partial charge >= 0.3 is 24.7 Å². The minimum atomic E-state index is -4.77. The molecule has 1 nitrogen and oxygen atoms in total. The lowest BCUT2D eigenvalue weighted by Crippen LogP contribution is -2.74. The standard InChI is InChI=1S/C28H16BF12.C25H19OS/c30-25(31,32)17-1-9-21(10-2-17)29(22-11-3-18(4-12-22)26(33,34)35,23-13-5-19(6-14-23)27(36,37)38)24-15-7-20(8-16-24)28(39,40)41;26-27(25-13-5-2-6-14-25,18-17-21-9-3-1-4-10-21)20-22-15-16-23-11-7-8-12-24(23)19-22/h1-16H;1-16,19H,20H2/q-1;+1. The van der Waals surface area contributed by atoms with Crippen molar-refractivity contribution >= 4 is 48.7 Å². The van der Waals surface area contributed by atoms with Gasteiger partial charge in [-0.3, -0.25) is 0 Å². The van der Waals surface area contributed by atoms with E-state index in [1.807, 2.05) is 72.8 Å². The first-order valence-electron chi connectivity index (χ1n) is 20.6. The molecule has 0 spiro atoms. The van der Waals surface area contributed by atoms with Crippen molar-refractivity contribution in [3.63, 3.8) is 0 Å². The average Bonchev–Trinajstić information content (AvgIpc) is 3.31. The van der Waals surface area contributed by atoms with E-state index < -0.39 is 63.0 Å². The molecule has 0 saturated carbocycles. The summed E-state index contributed by atoms with van der Waals surface area (Å²) in [6.45, 7) is 0. The second-order valence-corrected chi connectivity index (χ2v) is 18.1. The maximum Gasteiger partial charge on any atom is 0.416 e. The summed E-state index contributed by atoms with van der Waals surface area (Å²) in [4.78, 5) is 0.779. The summed E-state index contributed by atoms with van der Waals surface area (Å²) >= 11 is 0. The minimum Gasteiger partial charge on any atom is -0.195 e. The van der Waals surface area contributed by atoms with E-state index in [9.17, 15) is 56.9 Å². The molecule has 0 aromatic heterocycles.